The van der Waals surface area contributed by atoms with Crippen molar-refractivity contribution in [3.63, 3.8) is 0 Å². The molecule has 3 rings (SSSR count). The number of hydrogen-bond acceptors (Lipinski definition) is 3. The molecule has 1 atom stereocenters. The third-order valence-electron chi connectivity index (χ3n) is 3.73. The summed E-state index contributed by atoms with van der Waals surface area (Å²) in [7, 11) is 0. The summed E-state index contributed by atoms with van der Waals surface area (Å²) in [6, 6.07) is 12.9. The summed E-state index contributed by atoms with van der Waals surface area (Å²) < 4.78 is 1.82. The minimum atomic E-state index is -0.256. The van der Waals surface area contributed by atoms with Crippen LogP contribution in [-0.2, 0) is 0 Å². The number of hydrogen-bond donors (Lipinski definition) is 2. The van der Waals surface area contributed by atoms with Crippen molar-refractivity contribution in [1.82, 2.24) is 20.1 Å². The average molecular weight is 321 g/mol. The first-order valence-corrected chi connectivity index (χ1v) is 7.72. The molecule has 6 nitrogen and oxygen atoms in total. The van der Waals surface area contributed by atoms with E-state index in [9.17, 15) is 4.79 Å². The first-order chi connectivity index (χ1) is 11.6. The fourth-order valence-electron chi connectivity index (χ4n) is 2.45. The van der Waals surface area contributed by atoms with Gasteiger partial charge in [-0.2, -0.15) is 5.10 Å². The monoisotopic (exact) mass is 321 g/mol. The van der Waals surface area contributed by atoms with Crippen LogP contribution in [0.25, 0.3) is 5.69 Å². The van der Waals surface area contributed by atoms with E-state index in [4.69, 9.17) is 0 Å². The molecule has 2 N–H and O–H groups in total. The third kappa shape index (κ3) is 3.60. The Morgan fingerprint density at radius 3 is 2.62 bits per heavy atom. The molecule has 6 heteroatoms. The Morgan fingerprint density at radius 1 is 1.12 bits per heavy atom. The molecule has 122 valence electrons. The zero-order valence-corrected chi connectivity index (χ0v) is 13.6. The van der Waals surface area contributed by atoms with E-state index in [1.807, 2.05) is 61.0 Å². The Hall–Kier alpha value is -3.15. The summed E-state index contributed by atoms with van der Waals surface area (Å²) in [6.07, 6.45) is 5.17. The molecule has 3 aromatic rings. The van der Waals surface area contributed by atoms with Crippen LogP contribution in [0.2, 0.25) is 0 Å². The van der Waals surface area contributed by atoms with Crippen LogP contribution >= 0.6 is 0 Å². The van der Waals surface area contributed by atoms with Gasteiger partial charge in [-0.05, 0) is 55.8 Å². The summed E-state index contributed by atoms with van der Waals surface area (Å²) in [5.41, 5.74) is 3.64. The van der Waals surface area contributed by atoms with Gasteiger partial charge in [-0.1, -0.05) is 6.07 Å². The van der Waals surface area contributed by atoms with Gasteiger partial charge in [0.1, 0.15) is 0 Å². The molecule has 0 saturated heterocycles. The highest BCUT2D eigenvalue weighted by Crippen LogP contribution is 2.16. The van der Waals surface area contributed by atoms with E-state index < -0.39 is 0 Å². The number of urea groups is 1. The number of nitrogens with zero attached hydrogens (tertiary/aromatic N) is 3. The van der Waals surface area contributed by atoms with E-state index in [-0.39, 0.29) is 12.1 Å². The highest BCUT2D eigenvalue weighted by atomic mass is 16.2. The van der Waals surface area contributed by atoms with Gasteiger partial charge in [-0.25, -0.2) is 9.48 Å². The molecule has 0 saturated carbocycles. The van der Waals surface area contributed by atoms with Crippen molar-refractivity contribution < 1.29 is 4.79 Å². The van der Waals surface area contributed by atoms with Gasteiger partial charge in [0.25, 0.3) is 0 Å². The summed E-state index contributed by atoms with van der Waals surface area (Å²) >= 11 is 0. The van der Waals surface area contributed by atoms with Gasteiger partial charge < -0.3 is 10.6 Å². The number of benzene rings is 1. The van der Waals surface area contributed by atoms with Crippen LogP contribution in [0.1, 0.15) is 24.2 Å². The van der Waals surface area contributed by atoms with Crippen LogP contribution in [0.4, 0.5) is 10.5 Å². The second kappa shape index (κ2) is 6.95. The topological polar surface area (TPSA) is 71.8 Å². The normalized spacial score (nSPS) is 11.8. The molecule has 0 unspecified atom stereocenters. The van der Waals surface area contributed by atoms with Crippen molar-refractivity contribution in [2.45, 2.75) is 19.9 Å². The van der Waals surface area contributed by atoms with Gasteiger partial charge in [-0.15, -0.1) is 0 Å². The standard InChI is InChI=1S/C18H19N5O/c1-13-6-11-20-23(13)17-5-3-4-16(12-17)22-18(24)21-14(2)15-7-9-19-10-8-15/h3-12,14H,1-2H3,(H2,21,22,24)/t14-/m0/s1. The van der Waals surface area contributed by atoms with Crippen LogP contribution in [0.3, 0.4) is 0 Å². The fraction of sp³-hybridized carbons (Fsp3) is 0.167. The van der Waals surface area contributed by atoms with Gasteiger partial charge in [0.2, 0.25) is 0 Å². The number of amides is 2. The Labute approximate surface area is 140 Å². The van der Waals surface area contributed by atoms with Gasteiger partial charge in [0.05, 0.1) is 11.7 Å². The summed E-state index contributed by atoms with van der Waals surface area (Å²) in [6.45, 7) is 3.91. The minimum absolute atomic E-state index is 0.107. The van der Waals surface area contributed by atoms with Crippen LogP contribution in [0.15, 0.2) is 61.1 Å². The Bertz CT molecular complexity index is 828. The maximum atomic E-state index is 12.2. The first kappa shape index (κ1) is 15.7. The molecular formula is C18H19N5O. The third-order valence-corrected chi connectivity index (χ3v) is 3.73. The number of carbonyl (C=O) groups excluding carboxylic acids is 1. The molecular weight excluding hydrogens is 302 g/mol. The Morgan fingerprint density at radius 2 is 1.92 bits per heavy atom. The average Bonchev–Trinajstić information content (AvgIpc) is 3.02. The second-order valence-electron chi connectivity index (χ2n) is 5.54. The Balaban J connectivity index is 1.68. The fourth-order valence-corrected chi connectivity index (χ4v) is 2.45. The van der Waals surface area contributed by atoms with E-state index in [1.165, 1.54) is 0 Å². The lowest BCUT2D eigenvalue weighted by Crippen LogP contribution is -2.31. The second-order valence-corrected chi connectivity index (χ2v) is 5.54. The number of nitrogens with one attached hydrogen (secondary N) is 2. The molecule has 0 aliphatic carbocycles. The molecule has 0 aliphatic rings. The minimum Gasteiger partial charge on any atom is -0.331 e. The van der Waals surface area contributed by atoms with E-state index in [0.717, 1.165) is 16.9 Å². The molecule has 2 aromatic heterocycles. The molecule has 1 aromatic carbocycles. The molecule has 0 fully saturated rings. The van der Waals surface area contributed by atoms with Gasteiger partial charge in [0.15, 0.2) is 0 Å². The molecule has 2 amide bonds. The lowest BCUT2D eigenvalue weighted by molar-refractivity contribution is 0.249. The number of carbonyl (C=O) groups is 1. The molecule has 0 bridgehead atoms. The Kier molecular flexibility index (Phi) is 4.56. The SMILES string of the molecule is Cc1ccnn1-c1cccc(NC(=O)N[C@@H](C)c2ccncc2)c1. The van der Waals surface area contributed by atoms with Gasteiger partial charge in [-0.3, -0.25) is 4.98 Å². The number of anilines is 1. The molecule has 2 heterocycles. The van der Waals surface area contributed by atoms with Crippen molar-refractivity contribution in [3.8, 4) is 5.69 Å². The maximum absolute atomic E-state index is 12.2. The highest BCUT2D eigenvalue weighted by Gasteiger charge is 2.10. The predicted octanol–water partition coefficient (Wildman–Crippen LogP) is 3.46. The van der Waals surface area contributed by atoms with Crippen molar-refractivity contribution in [1.29, 1.82) is 0 Å². The molecule has 0 radical (unpaired) electrons. The van der Waals surface area contributed by atoms with Crippen LogP contribution in [0, 0.1) is 6.92 Å². The van der Waals surface area contributed by atoms with E-state index >= 15 is 0 Å². The lowest BCUT2D eigenvalue weighted by Gasteiger charge is -2.15. The highest BCUT2D eigenvalue weighted by molar-refractivity contribution is 5.89. The van der Waals surface area contributed by atoms with E-state index in [0.29, 0.717) is 5.69 Å². The first-order valence-electron chi connectivity index (χ1n) is 7.72. The number of rotatable bonds is 4. The predicted molar refractivity (Wildman–Crippen MR) is 93.1 cm³/mol. The zero-order chi connectivity index (χ0) is 16.9. The zero-order valence-electron chi connectivity index (χ0n) is 13.6. The van der Waals surface area contributed by atoms with Crippen molar-refractivity contribution >= 4 is 11.7 Å². The summed E-state index contributed by atoms with van der Waals surface area (Å²) in [5.74, 6) is 0. The van der Waals surface area contributed by atoms with Crippen molar-refractivity contribution in [2.75, 3.05) is 5.32 Å². The lowest BCUT2D eigenvalue weighted by atomic mass is 10.1. The number of aromatic nitrogens is 3. The van der Waals surface area contributed by atoms with Crippen LogP contribution in [-0.4, -0.2) is 20.8 Å². The maximum Gasteiger partial charge on any atom is 0.319 e. The summed E-state index contributed by atoms with van der Waals surface area (Å²) in [5, 5.41) is 10.0. The van der Waals surface area contributed by atoms with Gasteiger partial charge >= 0.3 is 6.03 Å². The van der Waals surface area contributed by atoms with Crippen LogP contribution in [0.5, 0.6) is 0 Å². The smallest absolute Gasteiger partial charge is 0.319 e. The van der Waals surface area contributed by atoms with E-state index in [1.54, 1.807) is 18.6 Å². The molecule has 24 heavy (non-hydrogen) atoms. The van der Waals surface area contributed by atoms with E-state index in [2.05, 4.69) is 20.7 Å². The van der Waals surface area contributed by atoms with Gasteiger partial charge in [0, 0.05) is 30.0 Å². The quantitative estimate of drug-likeness (QED) is 0.773. The molecule has 0 spiro atoms. The van der Waals surface area contributed by atoms with Crippen molar-refractivity contribution in [2.24, 2.45) is 0 Å². The van der Waals surface area contributed by atoms with Crippen molar-refractivity contribution in [3.05, 3.63) is 72.3 Å². The number of pyridine rings is 1. The van der Waals surface area contributed by atoms with Crippen LogP contribution < -0.4 is 10.6 Å². The number of aryl methyl sites for hydroxylation is 1. The largest absolute Gasteiger partial charge is 0.331 e. The molecule has 0 aliphatic heterocycles. The summed E-state index contributed by atoms with van der Waals surface area (Å²) in [4.78, 5) is 16.2.